The number of nitrogens with zero attached hydrogens (tertiary/aromatic N) is 2. The molecule has 2 heterocycles. The average molecular weight is 600 g/mol. The van der Waals surface area contributed by atoms with Crippen molar-refractivity contribution < 1.29 is 51.9 Å². The van der Waals surface area contributed by atoms with Crippen molar-refractivity contribution in [1.82, 2.24) is 19.7 Å². The summed E-state index contributed by atoms with van der Waals surface area (Å²) < 4.78 is 64.0. The minimum absolute atomic E-state index is 0.189. The quantitative estimate of drug-likeness (QED) is 0.150. The number of ether oxygens (including phenoxy) is 3. The van der Waals surface area contributed by atoms with Gasteiger partial charge in [-0.15, -0.1) is 0 Å². The first-order valence-electron chi connectivity index (χ1n) is 12.3. The zero-order valence-electron chi connectivity index (χ0n) is 22.8. The number of esters is 2. The Hall–Kier alpha value is -2.53. The lowest BCUT2D eigenvalue weighted by Crippen LogP contribution is -2.53. The number of nitrogens with two attached hydrogens (primary N) is 1. The van der Waals surface area contributed by atoms with Gasteiger partial charge in [0.2, 0.25) is 0 Å². The van der Waals surface area contributed by atoms with Gasteiger partial charge in [0.1, 0.15) is 30.1 Å². The number of hydrogen-bond donors (Lipinski definition) is 5. The van der Waals surface area contributed by atoms with E-state index in [0.717, 1.165) is 12.3 Å². The summed E-state index contributed by atoms with van der Waals surface area (Å²) in [5.74, 6) is -1.93. The predicted octanol–water partition coefficient (Wildman–Crippen LogP) is 0.0641. The van der Waals surface area contributed by atoms with Crippen molar-refractivity contribution in [2.45, 2.75) is 96.3 Å². The number of carbonyl (C=O) groups is 2. The monoisotopic (exact) mass is 599 g/mol. The van der Waals surface area contributed by atoms with Crippen molar-refractivity contribution in [2.24, 2.45) is 0 Å². The Morgan fingerprint density at radius 1 is 1.12 bits per heavy atom. The molecule has 2 rings (SSSR count). The number of aliphatic hydroxyl groups excluding tert-OH is 2. The second-order valence-corrected chi connectivity index (χ2v) is 11.6. The number of rotatable bonds is 13. The number of aliphatic hydroxyl groups is 2. The minimum Gasteiger partial charge on any atom is -0.462 e. The highest BCUT2D eigenvalue weighted by molar-refractivity contribution is 7.54. The molecular weight excluding hydrogens is 563 g/mol. The fraction of sp³-hybridized carbons (Fsp3) is 0.727. The molecule has 0 spiro atoms. The maximum Gasteiger partial charge on any atom is 0.351 e. The lowest BCUT2D eigenvalue weighted by molar-refractivity contribution is -0.192. The summed E-state index contributed by atoms with van der Waals surface area (Å²) in [5, 5.41) is 25.8. The molecule has 6 atom stereocenters. The van der Waals surface area contributed by atoms with Crippen LogP contribution >= 0.6 is 7.67 Å². The second kappa shape index (κ2) is 13.4. The van der Waals surface area contributed by atoms with Crippen LogP contribution in [0.15, 0.2) is 17.1 Å². The van der Waals surface area contributed by atoms with Crippen LogP contribution in [0.4, 0.5) is 14.6 Å². The van der Waals surface area contributed by atoms with E-state index in [2.05, 4.69) is 15.2 Å². The third-order valence-electron chi connectivity index (χ3n) is 5.56. The Labute approximate surface area is 228 Å². The Balaban J connectivity index is 2.38. The Morgan fingerprint density at radius 3 is 2.05 bits per heavy atom. The van der Waals surface area contributed by atoms with E-state index in [-0.39, 0.29) is 5.82 Å². The smallest absolute Gasteiger partial charge is 0.351 e. The molecule has 1 saturated heterocycles. The molecule has 1 aliphatic heterocycles. The normalized spacial score (nSPS) is 24.9. The molecule has 0 unspecified atom stereocenters. The number of hydrogen-bond acceptors (Lipinski definition) is 12. The molecule has 1 aromatic rings. The first kappa shape index (κ1) is 33.7. The van der Waals surface area contributed by atoms with Gasteiger partial charge in [0.05, 0.1) is 18.8 Å². The van der Waals surface area contributed by atoms with E-state index in [1.165, 1.54) is 13.8 Å². The van der Waals surface area contributed by atoms with Gasteiger partial charge in [-0.1, -0.05) is 0 Å². The van der Waals surface area contributed by atoms with Crippen LogP contribution in [0.3, 0.4) is 0 Å². The van der Waals surface area contributed by atoms with E-state index in [0.29, 0.717) is 4.57 Å². The van der Waals surface area contributed by atoms with Crippen LogP contribution in [0.2, 0.25) is 0 Å². The Kier molecular flexibility index (Phi) is 11.3. The predicted molar refractivity (Wildman–Crippen MR) is 135 cm³/mol. The van der Waals surface area contributed by atoms with Crippen LogP contribution in [-0.2, 0) is 32.9 Å². The number of carbonyl (C=O) groups excluding carboxylic acids is 2. The Morgan fingerprint density at radius 2 is 1.62 bits per heavy atom. The van der Waals surface area contributed by atoms with Gasteiger partial charge in [-0.25, -0.2) is 23.7 Å². The third kappa shape index (κ3) is 8.02. The topological polar surface area (TPSA) is 214 Å². The molecule has 228 valence electrons. The highest BCUT2D eigenvalue weighted by Gasteiger charge is 2.61. The third-order valence-corrected chi connectivity index (χ3v) is 7.51. The summed E-state index contributed by atoms with van der Waals surface area (Å²) >= 11 is 0. The molecule has 0 amide bonds. The standard InChI is InChI=1S/C22H36F2N5O10P/c1-10(2)37-18(32)12(5)27-40(35,28-13(6)19(33)38-11(3)4)36-9-22(20(23)24)16(31)15(30)17(39-22)29-8-7-14(25)26-21(29)34/h7-8,10-13,15-17,20,30-31H,9H2,1-6H3,(H2,25,26,34)(H2,27,28,35)/t12-,13-,15+,16+,17+,22+/m0/s1. The van der Waals surface area contributed by atoms with Gasteiger partial charge in [0, 0.05) is 6.20 Å². The molecule has 0 radical (unpaired) electrons. The van der Waals surface area contributed by atoms with E-state index >= 15 is 0 Å². The number of halogens is 2. The number of aromatic nitrogens is 2. The molecule has 6 N–H and O–H groups in total. The lowest BCUT2D eigenvalue weighted by atomic mass is 9.96. The van der Waals surface area contributed by atoms with Crippen LogP contribution < -0.4 is 21.6 Å². The molecule has 15 nitrogen and oxygen atoms in total. The van der Waals surface area contributed by atoms with E-state index in [1.807, 2.05) is 0 Å². The zero-order chi connectivity index (χ0) is 30.6. The summed E-state index contributed by atoms with van der Waals surface area (Å²) in [4.78, 5) is 40.3. The maximum absolute atomic E-state index is 14.4. The SMILES string of the molecule is CC(C)OC(=O)[C@H](C)NP(=O)(N[C@@H](C)C(=O)OC(C)C)OC[C@@]1(C(F)F)O[C@@H](n2ccc(N)nc2=O)[C@H](O)[C@H]1O. The van der Waals surface area contributed by atoms with Gasteiger partial charge in [0.15, 0.2) is 11.8 Å². The molecule has 1 aromatic heterocycles. The van der Waals surface area contributed by atoms with E-state index in [4.69, 9.17) is 24.5 Å². The number of alkyl halides is 2. The van der Waals surface area contributed by atoms with Crippen molar-refractivity contribution in [3.8, 4) is 0 Å². The Bertz CT molecular complexity index is 1120. The summed E-state index contributed by atoms with van der Waals surface area (Å²) in [7, 11) is -4.62. The average Bonchev–Trinajstić information content (AvgIpc) is 3.08. The summed E-state index contributed by atoms with van der Waals surface area (Å²) in [6.07, 6.45) is -9.92. The molecule has 40 heavy (non-hydrogen) atoms. The van der Waals surface area contributed by atoms with Gasteiger partial charge in [-0.2, -0.15) is 4.98 Å². The van der Waals surface area contributed by atoms with Crippen molar-refractivity contribution in [3.05, 3.63) is 22.7 Å². The lowest BCUT2D eigenvalue weighted by Gasteiger charge is -2.33. The van der Waals surface area contributed by atoms with Crippen molar-refractivity contribution >= 4 is 25.4 Å². The van der Waals surface area contributed by atoms with E-state index in [1.54, 1.807) is 27.7 Å². The van der Waals surface area contributed by atoms with Gasteiger partial charge in [0.25, 0.3) is 6.43 Å². The number of nitrogen functional groups attached to an aromatic ring is 1. The van der Waals surface area contributed by atoms with Crippen molar-refractivity contribution in [2.75, 3.05) is 12.3 Å². The van der Waals surface area contributed by atoms with E-state index < -0.39 is 86.7 Å². The minimum atomic E-state index is -4.62. The fourth-order valence-corrected chi connectivity index (χ4v) is 5.44. The second-order valence-electron chi connectivity index (χ2n) is 9.74. The van der Waals surface area contributed by atoms with Gasteiger partial charge in [-0.05, 0) is 47.6 Å². The number of anilines is 1. The fourth-order valence-electron chi connectivity index (χ4n) is 3.60. The van der Waals surface area contributed by atoms with Gasteiger partial charge >= 0.3 is 25.3 Å². The largest absolute Gasteiger partial charge is 0.462 e. The number of nitrogens with one attached hydrogen (secondary N) is 2. The molecule has 0 aliphatic carbocycles. The summed E-state index contributed by atoms with van der Waals surface area (Å²) in [6.45, 7) is 7.43. The van der Waals surface area contributed by atoms with Crippen LogP contribution in [0, 0.1) is 0 Å². The first-order chi connectivity index (χ1) is 18.4. The molecule has 0 saturated carbocycles. The van der Waals surface area contributed by atoms with Crippen LogP contribution in [-0.4, -0.2) is 86.8 Å². The molecule has 18 heteroatoms. The molecule has 1 aliphatic rings. The first-order valence-corrected chi connectivity index (χ1v) is 13.9. The van der Waals surface area contributed by atoms with Gasteiger partial charge < -0.3 is 34.7 Å². The maximum atomic E-state index is 14.4. The van der Waals surface area contributed by atoms with Crippen molar-refractivity contribution in [1.29, 1.82) is 0 Å². The van der Waals surface area contributed by atoms with Crippen LogP contribution in [0.5, 0.6) is 0 Å². The van der Waals surface area contributed by atoms with Crippen LogP contribution in [0.25, 0.3) is 0 Å². The summed E-state index contributed by atoms with van der Waals surface area (Å²) in [6, 6.07) is -1.52. The molecule has 0 aromatic carbocycles. The molecule has 0 bridgehead atoms. The molecule has 1 fully saturated rings. The summed E-state index contributed by atoms with van der Waals surface area (Å²) in [5.41, 5.74) is 1.35. The van der Waals surface area contributed by atoms with Crippen molar-refractivity contribution in [3.63, 3.8) is 0 Å². The highest BCUT2D eigenvalue weighted by Crippen LogP contribution is 2.46. The highest BCUT2D eigenvalue weighted by atomic mass is 31.2. The van der Waals surface area contributed by atoms with E-state index in [9.17, 15) is 37.9 Å². The molecular formula is C22H36F2N5O10P. The zero-order valence-corrected chi connectivity index (χ0v) is 23.7. The van der Waals surface area contributed by atoms with Gasteiger partial charge in [-0.3, -0.25) is 18.7 Å². The van der Waals surface area contributed by atoms with Crippen LogP contribution in [0.1, 0.15) is 47.8 Å².